The van der Waals surface area contributed by atoms with Gasteiger partial charge in [0.25, 0.3) is 0 Å². The van der Waals surface area contributed by atoms with Crippen molar-refractivity contribution in [2.24, 2.45) is 5.92 Å². The number of aliphatic hydroxyl groups excluding tert-OH is 1. The number of likely N-dealkylation sites (tertiary alicyclic amines) is 1. The Morgan fingerprint density at radius 2 is 1.77 bits per heavy atom. The van der Waals surface area contributed by atoms with Gasteiger partial charge in [0.1, 0.15) is 6.61 Å². The van der Waals surface area contributed by atoms with E-state index < -0.39 is 0 Å². The van der Waals surface area contributed by atoms with Crippen LogP contribution >= 0.6 is 0 Å². The first-order valence-electron chi connectivity index (χ1n) is 13.8. The molecule has 1 amide bonds. The van der Waals surface area contributed by atoms with Gasteiger partial charge in [0, 0.05) is 37.4 Å². The van der Waals surface area contributed by atoms with E-state index in [2.05, 4.69) is 15.3 Å². The summed E-state index contributed by atoms with van der Waals surface area (Å²) in [6, 6.07) is 16.1. The number of benzene rings is 1. The molecule has 1 saturated carbocycles. The summed E-state index contributed by atoms with van der Waals surface area (Å²) >= 11 is 0. The second-order valence-electron chi connectivity index (χ2n) is 10.5. The number of aliphatic hydroxyl groups is 1. The second kappa shape index (κ2) is 11.4. The lowest BCUT2D eigenvalue weighted by Gasteiger charge is -2.35. The maximum atomic E-state index is 12.9. The van der Waals surface area contributed by atoms with Crippen molar-refractivity contribution in [3.05, 3.63) is 72.7 Å². The minimum atomic E-state index is -0.264. The lowest BCUT2D eigenvalue weighted by Crippen LogP contribution is -2.44. The van der Waals surface area contributed by atoms with Gasteiger partial charge in [-0.3, -0.25) is 9.20 Å². The number of hydrogen-bond acceptors (Lipinski definition) is 7. The zero-order chi connectivity index (χ0) is 26.6. The van der Waals surface area contributed by atoms with E-state index in [0.717, 1.165) is 48.3 Å². The van der Waals surface area contributed by atoms with Gasteiger partial charge in [-0.15, -0.1) is 0 Å². The molecular weight excluding hydrogens is 492 g/mol. The van der Waals surface area contributed by atoms with E-state index in [1.165, 1.54) is 0 Å². The molecule has 0 bridgehead atoms. The highest BCUT2D eigenvalue weighted by atomic mass is 16.5. The van der Waals surface area contributed by atoms with Crippen molar-refractivity contribution in [2.75, 3.05) is 18.4 Å². The molecule has 2 aliphatic rings. The van der Waals surface area contributed by atoms with Crippen LogP contribution in [0.5, 0.6) is 5.75 Å². The largest absolute Gasteiger partial charge is 0.485 e. The molecule has 0 atom stereocenters. The molecule has 1 aromatic carbocycles. The number of nitrogens with one attached hydrogen (secondary N) is 1. The summed E-state index contributed by atoms with van der Waals surface area (Å²) in [5, 5.41) is 13.2. The van der Waals surface area contributed by atoms with Crippen LogP contribution in [0.1, 0.15) is 44.1 Å². The average Bonchev–Trinajstić information content (AvgIpc) is 3.42. The molecule has 2 N–H and O–H groups in total. The number of ether oxygens (including phenoxy) is 1. The van der Waals surface area contributed by atoms with Crippen molar-refractivity contribution in [3.63, 3.8) is 0 Å². The summed E-state index contributed by atoms with van der Waals surface area (Å²) in [6.07, 6.45) is 10.2. The van der Waals surface area contributed by atoms with Gasteiger partial charge >= 0.3 is 0 Å². The zero-order valence-corrected chi connectivity index (χ0v) is 21.9. The maximum absolute atomic E-state index is 12.9. The van der Waals surface area contributed by atoms with Gasteiger partial charge in [-0.25, -0.2) is 15.0 Å². The number of pyridine rings is 1. The van der Waals surface area contributed by atoms with Gasteiger partial charge in [0.15, 0.2) is 11.4 Å². The van der Waals surface area contributed by atoms with E-state index in [0.29, 0.717) is 44.2 Å². The number of carbonyl (C=O) groups excluding carboxylic acids is 1. The second-order valence-corrected chi connectivity index (χ2v) is 10.5. The number of aromatic nitrogens is 4. The van der Waals surface area contributed by atoms with Crippen LogP contribution in [-0.2, 0) is 11.4 Å². The third kappa shape index (κ3) is 5.73. The molecule has 9 heteroatoms. The number of nitrogens with zero attached hydrogens (tertiary/aromatic N) is 5. The predicted molar refractivity (Wildman–Crippen MR) is 148 cm³/mol. The Kier molecular flexibility index (Phi) is 7.40. The molecule has 39 heavy (non-hydrogen) atoms. The van der Waals surface area contributed by atoms with Crippen LogP contribution in [0.4, 0.5) is 5.95 Å². The smallest absolute Gasteiger partial charge is 0.225 e. The quantitative estimate of drug-likeness (QED) is 0.369. The minimum Gasteiger partial charge on any atom is -0.485 e. The van der Waals surface area contributed by atoms with E-state index in [4.69, 9.17) is 9.72 Å². The van der Waals surface area contributed by atoms with Crippen LogP contribution in [0.3, 0.4) is 0 Å². The molecule has 4 heterocycles. The van der Waals surface area contributed by atoms with Gasteiger partial charge in [-0.2, -0.15) is 0 Å². The van der Waals surface area contributed by atoms with Crippen molar-refractivity contribution in [1.82, 2.24) is 24.3 Å². The molecule has 1 aliphatic heterocycles. The van der Waals surface area contributed by atoms with E-state index in [9.17, 15) is 9.90 Å². The molecule has 6 rings (SSSR count). The van der Waals surface area contributed by atoms with E-state index in [-0.39, 0.29) is 24.0 Å². The van der Waals surface area contributed by atoms with Crippen molar-refractivity contribution in [3.8, 4) is 17.1 Å². The summed E-state index contributed by atoms with van der Waals surface area (Å²) in [4.78, 5) is 28.7. The number of anilines is 1. The fourth-order valence-corrected chi connectivity index (χ4v) is 5.61. The van der Waals surface area contributed by atoms with Crippen molar-refractivity contribution < 1.29 is 14.6 Å². The van der Waals surface area contributed by atoms with Crippen molar-refractivity contribution >= 4 is 17.5 Å². The summed E-state index contributed by atoms with van der Waals surface area (Å²) in [7, 11) is 0. The van der Waals surface area contributed by atoms with Gasteiger partial charge < -0.3 is 20.1 Å². The standard InChI is InChI=1S/C30H34N6O3/c37-24-13-17-35(18-14-24)29(38)22-8-10-23(11-9-22)33-30-31-15-12-25(34-30)26-19-32-28-27(7-4-16-36(26)28)39-20-21-5-2-1-3-6-21/h1-7,12,15-16,19,22-24,37H,8-11,13-14,17-18,20H2,(H,31,33,34)/t22-,23-. The van der Waals surface area contributed by atoms with Crippen molar-refractivity contribution in [1.29, 1.82) is 0 Å². The highest BCUT2D eigenvalue weighted by Gasteiger charge is 2.31. The molecular formula is C30H34N6O3. The first kappa shape index (κ1) is 25.3. The topological polar surface area (TPSA) is 105 Å². The van der Waals surface area contributed by atoms with Crippen LogP contribution in [0.2, 0.25) is 0 Å². The van der Waals surface area contributed by atoms with Crippen molar-refractivity contribution in [2.45, 2.75) is 57.3 Å². The highest BCUT2D eigenvalue weighted by molar-refractivity contribution is 5.79. The average molecular weight is 527 g/mol. The minimum absolute atomic E-state index is 0.0713. The van der Waals surface area contributed by atoms with E-state index in [1.807, 2.05) is 70.2 Å². The maximum Gasteiger partial charge on any atom is 0.225 e. The lowest BCUT2D eigenvalue weighted by molar-refractivity contribution is -0.138. The Morgan fingerprint density at radius 1 is 0.974 bits per heavy atom. The third-order valence-corrected chi connectivity index (χ3v) is 7.84. The third-order valence-electron chi connectivity index (χ3n) is 7.84. The molecule has 0 spiro atoms. The molecule has 1 saturated heterocycles. The number of piperidine rings is 1. The fraction of sp³-hybridized carbons (Fsp3) is 0.400. The summed E-state index contributed by atoms with van der Waals surface area (Å²) in [6.45, 7) is 1.81. The molecule has 202 valence electrons. The number of fused-ring (bicyclic) bond motifs is 1. The highest BCUT2D eigenvalue weighted by Crippen LogP contribution is 2.30. The zero-order valence-electron chi connectivity index (χ0n) is 21.9. The SMILES string of the molecule is O=C([C@H]1CC[C@H](Nc2nccc(-c3cnc4c(OCc5ccccc5)cccn34)n2)CC1)N1CCC(O)CC1. The molecule has 9 nitrogen and oxygen atoms in total. The number of carbonyl (C=O) groups is 1. The molecule has 2 fully saturated rings. The number of rotatable bonds is 7. The first-order chi connectivity index (χ1) is 19.1. The summed E-state index contributed by atoms with van der Waals surface area (Å²) in [5.41, 5.74) is 3.48. The monoisotopic (exact) mass is 526 g/mol. The lowest BCUT2D eigenvalue weighted by atomic mass is 9.85. The van der Waals surface area contributed by atoms with Gasteiger partial charge in [0.05, 0.1) is 23.7 Å². The molecule has 3 aromatic heterocycles. The Hall–Kier alpha value is -3.98. The Morgan fingerprint density at radius 3 is 2.56 bits per heavy atom. The Labute approximate surface area is 227 Å². The molecule has 0 radical (unpaired) electrons. The summed E-state index contributed by atoms with van der Waals surface area (Å²) in [5.74, 6) is 1.62. The fourth-order valence-electron chi connectivity index (χ4n) is 5.61. The Balaban J connectivity index is 1.09. The van der Waals surface area contributed by atoms with E-state index >= 15 is 0 Å². The normalized spacial score (nSPS) is 20.2. The van der Waals surface area contributed by atoms with Crippen LogP contribution < -0.4 is 10.1 Å². The van der Waals surface area contributed by atoms with Gasteiger partial charge in [-0.05, 0) is 62.3 Å². The predicted octanol–water partition coefficient (Wildman–Crippen LogP) is 4.32. The number of hydrogen-bond donors (Lipinski definition) is 2. The molecule has 4 aromatic rings. The Bertz CT molecular complexity index is 1410. The molecule has 0 unspecified atom stereocenters. The number of imidazole rings is 1. The van der Waals surface area contributed by atoms with Gasteiger partial charge in [-0.1, -0.05) is 30.3 Å². The van der Waals surface area contributed by atoms with Crippen LogP contribution in [0.15, 0.2) is 67.1 Å². The van der Waals surface area contributed by atoms with Crippen LogP contribution in [0.25, 0.3) is 17.0 Å². The van der Waals surface area contributed by atoms with Gasteiger partial charge in [0.2, 0.25) is 11.9 Å². The molecule has 1 aliphatic carbocycles. The number of amides is 1. The summed E-state index contributed by atoms with van der Waals surface area (Å²) < 4.78 is 8.07. The van der Waals surface area contributed by atoms with Crippen LogP contribution in [0, 0.1) is 5.92 Å². The van der Waals surface area contributed by atoms with E-state index in [1.54, 1.807) is 6.20 Å². The first-order valence-corrected chi connectivity index (χ1v) is 13.8. The van der Waals surface area contributed by atoms with Crippen LogP contribution in [-0.4, -0.2) is 60.5 Å².